The molecule has 0 aliphatic carbocycles. The van der Waals surface area contributed by atoms with E-state index >= 15 is 0 Å². The van der Waals surface area contributed by atoms with Crippen LogP contribution < -0.4 is 5.32 Å². The van der Waals surface area contributed by atoms with E-state index in [2.05, 4.69) is 5.32 Å². The highest BCUT2D eigenvalue weighted by Gasteiger charge is 2.24. The van der Waals surface area contributed by atoms with E-state index in [4.69, 9.17) is 0 Å². The third-order valence-corrected chi connectivity index (χ3v) is 4.14. The monoisotopic (exact) mass is 319 g/mol. The second kappa shape index (κ2) is 6.85. The summed E-state index contributed by atoms with van der Waals surface area (Å²) in [6.45, 7) is 3.35. The van der Waals surface area contributed by atoms with Crippen LogP contribution in [0, 0.1) is 5.82 Å². The number of aliphatic hydroxyl groups is 1. The van der Waals surface area contributed by atoms with Crippen molar-refractivity contribution >= 4 is 23.3 Å². The number of amides is 1. The summed E-state index contributed by atoms with van der Waals surface area (Å²) < 4.78 is 12.9. The molecular weight excluding hydrogens is 301 g/mol. The zero-order valence-corrected chi connectivity index (χ0v) is 13.3. The van der Waals surface area contributed by atoms with Crippen molar-refractivity contribution in [2.24, 2.45) is 0 Å². The molecule has 22 heavy (non-hydrogen) atoms. The smallest absolute Gasteiger partial charge is 0.247 e. The van der Waals surface area contributed by atoms with Crippen LogP contribution in [0.3, 0.4) is 0 Å². The molecule has 0 radical (unpaired) electrons. The number of nitrogens with one attached hydrogen (secondary N) is 1. The maximum Gasteiger partial charge on any atom is 0.247 e. The van der Waals surface area contributed by atoms with Crippen molar-refractivity contribution in [2.75, 3.05) is 6.54 Å². The molecule has 1 aromatic heterocycles. The van der Waals surface area contributed by atoms with Gasteiger partial charge in [-0.2, -0.15) is 0 Å². The van der Waals surface area contributed by atoms with E-state index in [1.807, 2.05) is 17.5 Å². The van der Waals surface area contributed by atoms with Crippen LogP contribution in [0.2, 0.25) is 0 Å². The van der Waals surface area contributed by atoms with Crippen molar-refractivity contribution in [3.63, 3.8) is 0 Å². The first kappa shape index (κ1) is 16.4. The Balaban J connectivity index is 1.99. The Hall–Kier alpha value is -1.98. The van der Waals surface area contributed by atoms with Gasteiger partial charge in [0.15, 0.2) is 0 Å². The molecular formula is C17H18FNO2S. The Kier molecular flexibility index (Phi) is 5.11. The summed E-state index contributed by atoms with van der Waals surface area (Å²) >= 11 is 1.55. The molecule has 0 bridgehead atoms. The van der Waals surface area contributed by atoms with Crippen LogP contribution in [-0.4, -0.2) is 17.6 Å². The normalized spacial score (nSPS) is 14.5. The van der Waals surface area contributed by atoms with Crippen LogP contribution in [0.25, 0.3) is 6.08 Å². The summed E-state index contributed by atoms with van der Waals surface area (Å²) in [7, 11) is 0. The van der Waals surface area contributed by atoms with E-state index in [1.165, 1.54) is 24.3 Å². The largest absolute Gasteiger partial charge is 0.384 e. The van der Waals surface area contributed by atoms with Gasteiger partial charge in [-0.25, -0.2) is 4.39 Å². The third-order valence-electron chi connectivity index (χ3n) is 3.32. The van der Waals surface area contributed by atoms with E-state index < -0.39 is 5.60 Å². The van der Waals surface area contributed by atoms with E-state index in [0.29, 0.717) is 11.1 Å². The van der Waals surface area contributed by atoms with Gasteiger partial charge < -0.3 is 10.4 Å². The molecule has 2 aromatic rings. The van der Waals surface area contributed by atoms with Gasteiger partial charge in [0.05, 0.1) is 6.54 Å². The molecule has 1 amide bonds. The Morgan fingerprint density at radius 1 is 1.36 bits per heavy atom. The highest BCUT2D eigenvalue weighted by molar-refractivity contribution is 7.10. The van der Waals surface area contributed by atoms with Crippen molar-refractivity contribution in [2.45, 2.75) is 19.4 Å². The molecule has 2 rings (SSSR count). The minimum absolute atomic E-state index is 0.0487. The van der Waals surface area contributed by atoms with Gasteiger partial charge >= 0.3 is 0 Å². The number of hydrogen-bond donors (Lipinski definition) is 2. The van der Waals surface area contributed by atoms with Crippen LogP contribution in [-0.2, 0) is 10.4 Å². The van der Waals surface area contributed by atoms with Crippen LogP contribution >= 0.6 is 11.3 Å². The van der Waals surface area contributed by atoms with Gasteiger partial charge in [-0.1, -0.05) is 18.2 Å². The molecule has 5 heteroatoms. The fraction of sp³-hybridized carbons (Fsp3) is 0.235. The Morgan fingerprint density at radius 2 is 2.05 bits per heavy atom. The first-order valence-corrected chi connectivity index (χ1v) is 7.75. The van der Waals surface area contributed by atoms with E-state index in [-0.39, 0.29) is 18.3 Å². The second-order valence-electron chi connectivity index (χ2n) is 5.31. The van der Waals surface area contributed by atoms with E-state index in [1.54, 1.807) is 31.3 Å². The molecule has 3 nitrogen and oxygen atoms in total. The van der Waals surface area contributed by atoms with Crippen LogP contribution in [0.5, 0.6) is 0 Å². The number of benzene rings is 1. The van der Waals surface area contributed by atoms with Gasteiger partial charge in [0.2, 0.25) is 5.91 Å². The average molecular weight is 319 g/mol. The first-order chi connectivity index (χ1) is 10.4. The number of carbonyl (C=O) groups is 1. The molecule has 0 aliphatic heterocycles. The molecule has 1 atom stereocenters. The van der Waals surface area contributed by atoms with Crippen LogP contribution in [0.1, 0.15) is 24.3 Å². The SMILES string of the molecule is C/C(=C\c1cccs1)C(=O)NCC(C)(O)c1ccc(F)cc1. The van der Waals surface area contributed by atoms with Crippen molar-refractivity contribution in [1.82, 2.24) is 5.32 Å². The zero-order valence-electron chi connectivity index (χ0n) is 12.5. The molecule has 0 aliphatic rings. The van der Waals surface area contributed by atoms with Crippen molar-refractivity contribution in [1.29, 1.82) is 0 Å². The number of rotatable bonds is 5. The maximum absolute atomic E-state index is 12.9. The third kappa shape index (κ3) is 4.26. The van der Waals surface area contributed by atoms with Gasteiger partial charge in [-0.05, 0) is 49.1 Å². The highest BCUT2D eigenvalue weighted by atomic mass is 32.1. The van der Waals surface area contributed by atoms with Crippen LogP contribution in [0.4, 0.5) is 4.39 Å². The van der Waals surface area contributed by atoms with Gasteiger partial charge in [0.1, 0.15) is 11.4 Å². The number of carbonyl (C=O) groups excluding carboxylic acids is 1. The molecule has 2 N–H and O–H groups in total. The Bertz CT molecular complexity index is 660. The van der Waals surface area contributed by atoms with Crippen molar-refractivity contribution in [3.8, 4) is 0 Å². The molecule has 0 saturated carbocycles. The standard InChI is InChI=1S/C17H18FNO2S/c1-12(10-15-4-3-9-22-15)16(20)19-11-17(2,21)13-5-7-14(18)8-6-13/h3-10,21H,11H2,1-2H3,(H,19,20)/b12-10+. The molecule has 1 heterocycles. The summed E-state index contributed by atoms with van der Waals surface area (Å²) in [5, 5.41) is 15.1. The van der Waals surface area contributed by atoms with Crippen molar-refractivity contribution < 1.29 is 14.3 Å². The molecule has 0 saturated heterocycles. The Morgan fingerprint density at radius 3 is 2.64 bits per heavy atom. The second-order valence-corrected chi connectivity index (χ2v) is 6.29. The fourth-order valence-electron chi connectivity index (χ4n) is 1.96. The topological polar surface area (TPSA) is 49.3 Å². The van der Waals surface area contributed by atoms with Gasteiger partial charge in [0.25, 0.3) is 0 Å². The lowest BCUT2D eigenvalue weighted by molar-refractivity contribution is -0.118. The van der Waals surface area contributed by atoms with E-state index in [9.17, 15) is 14.3 Å². The van der Waals surface area contributed by atoms with E-state index in [0.717, 1.165) is 4.88 Å². The highest BCUT2D eigenvalue weighted by Crippen LogP contribution is 2.20. The molecule has 1 aromatic carbocycles. The molecule has 1 unspecified atom stereocenters. The zero-order chi connectivity index (χ0) is 16.2. The maximum atomic E-state index is 12.9. The first-order valence-electron chi connectivity index (χ1n) is 6.87. The average Bonchev–Trinajstić information content (AvgIpc) is 2.98. The fourth-order valence-corrected chi connectivity index (χ4v) is 2.67. The molecule has 0 spiro atoms. The minimum atomic E-state index is -1.26. The number of halogens is 1. The lowest BCUT2D eigenvalue weighted by atomic mass is 9.96. The summed E-state index contributed by atoms with van der Waals surface area (Å²) in [5.41, 5.74) is -0.140. The van der Waals surface area contributed by atoms with Gasteiger partial charge in [0, 0.05) is 10.5 Å². The number of hydrogen-bond acceptors (Lipinski definition) is 3. The quantitative estimate of drug-likeness (QED) is 0.831. The molecule has 116 valence electrons. The lowest BCUT2D eigenvalue weighted by Gasteiger charge is -2.24. The predicted molar refractivity (Wildman–Crippen MR) is 87.0 cm³/mol. The summed E-state index contributed by atoms with van der Waals surface area (Å²) in [4.78, 5) is 13.1. The summed E-state index contributed by atoms with van der Waals surface area (Å²) in [5.74, 6) is -0.603. The van der Waals surface area contributed by atoms with Gasteiger partial charge in [-0.15, -0.1) is 11.3 Å². The van der Waals surface area contributed by atoms with Crippen molar-refractivity contribution in [3.05, 3.63) is 63.6 Å². The lowest BCUT2D eigenvalue weighted by Crippen LogP contribution is -2.38. The van der Waals surface area contributed by atoms with Crippen LogP contribution in [0.15, 0.2) is 47.4 Å². The summed E-state index contributed by atoms with van der Waals surface area (Å²) in [6, 6.07) is 9.43. The minimum Gasteiger partial charge on any atom is -0.384 e. The molecule has 0 fully saturated rings. The predicted octanol–water partition coefficient (Wildman–Crippen LogP) is 3.31. The summed E-state index contributed by atoms with van der Waals surface area (Å²) in [6.07, 6.45) is 1.80. The Labute approximate surface area is 133 Å². The van der Waals surface area contributed by atoms with Gasteiger partial charge in [-0.3, -0.25) is 4.79 Å². The number of thiophene rings is 1.